The zero-order chi connectivity index (χ0) is 9.84. The van der Waals surface area contributed by atoms with Crippen molar-refractivity contribution in [2.75, 3.05) is 0 Å². The molecule has 0 heterocycles. The first kappa shape index (κ1) is 9.75. The predicted molar refractivity (Wildman–Crippen MR) is 60.6 cm³/mol. The minimum absolute atomic E-state index is 0.464. The van der Waals surface area contributed by atoms with Gasteiger partial charge in [0.2, 0.25) is 0 Å². The molecule has 2 heteroatoms. The van der Waals surface area contributed by atoms with Crippen molar-refractivity contribution in [3.63, 3.8) is 0 Å². The number of benzene rings is 1. The smallest absolute Gasteiger partial charge is 0.0709 e. The highest BCUT2D eigenvalue weighted by atomic mass is 35.5. The highest BCUT2D eigenvalue weighted by Gasteiger charge is 2.02. The number of hydrogen-bond donors (Lipinski definition) is 0. The zero-order valence-corrected chi connectivity index (χ0v) is 8.01. The van der Waals surface area contributed by atoms with Crippen molar-refractivity contribution in [1.29, 1.82) is 0 Å². The van der Waals surface area contributed by atoms with E-state index >= 15 is 0 Å². The lowest BCUT2D eigenvalue weighted by Crippen LogP contribution is -1.80. The monoisotopic (exact) mass is 191 g/mol. The van der Waals surface area contributed by atoms with Crippen molar-refractivity contribution in [3.8, 4) is 0 Å². The Morgan fingerprint density at radius 1 is 1.46 bits per heavy atom. The number of halogens is 1. The van der Waals surface area contributed by atoms with Gasteiger partial charge in [-0.1, -0.05) is 36.9 Å². The average molecular weight is 192 g/mol. The molecule has 0 aromatic heterocycles. The second kappa shape index (κ2) is 4.06. The molecule has 0 fully saturated rings. The van der Waals surface area contributed by atoms with Crippen LogP contribution in [-0.4, -0.2) is 6.72 Å². The van der Waals surface area contributed by atoms with Crippen molar-refractivity contribution in [2.45, 2.75) is 0 Å². The van der Waals surface area contributed by atoms with Crippen LogP contribution < -0.4 is 0 Å². The lowest BCUT2D eigenvalue weighted by Gasteiger charge is -2.03. The Morgan fingerprint density at radius 2 is 2.15 bits per heavy atom. The molecule has 0 N–H and O–H groups in total. The van der Waals surface area contributed by atoms with Gasteiger partial charge in [-0.3, -0.25) is 4.99 Å². The van der Waals surface area contributed by atoms with Gasteiger partial charge >= 0.3 is 0 Å². The fourth-order valence-corrected chi connectivity index (χ4v) is 1.19. The summed E-state index contributed by atoms with van der Waals surface area (Å²) in [6.07, 6.45) is 1.75. The zero-order valence-electron chi connectivity index (χ0n) is 7.26. The van der Waals surface area contributed by atoms with Crippen molar-refractivity contribution in [1.82, 2.24) is 0 Å². The summed E-state index contributed by atoms with van der Waals surface area (Å²) in [5.74, 6) is 0. The SMILES string of the molecule is C=Cc1ccc(N=C)c(C(=C)Cl)c1. The van der Waals surface area contributed by atoms with Crippen LogP contribution in [0, 0.1) is 0 Å². The number of aliphatic imine (C=N–C) groups is 1. The number of rotatable bonds is 3. The molecule has 1 rings (SSSR count). The van der Waals surface area contributed by atoms with Crippen LogP contribution in [0.15, 0.2) is 36.3 Å². The van der Waals surface area contributed by atoms with E-state index < -0.39 is 0 Å². The molecule has 1 aromatic carbocycles. The van der Waals surface area contributed by atoms with Crippen LogP contribution in [0.2, 0.25) is 0 Å². The lowest BCUT2D eigenvalue weighted by molar-refractivity contribution is 1.51. The van der Waals surface area contributed by atoms with E-state index in [-0.39, 0.29) is 0 Å². The molecule has 0 radical (unpaired) electrons. The minimum atomic E-state index is 0.464. The fraction of sp³-hybridized carbons (Fsp3) is 0. The fourth-order valence-electron chi connectivity index (χ4n) is 1.04. The molecular formula is C11H10ClN. The van der Waals surface area contributed by atoms with Crippen molar-refractivity contribution < 1.29 is 0 Å². The van der Waals surface area contributed by atoms with E-state index in [1.807, 2.05) is 18.2 Å². The van der Waals surface area contributed by atoms with Gasteiger partial charge in [-0.25, -0.2) is 0 Å². The third-order valence-electron chi connectivity index (χ3n) is 1.72. The second-order valence-electron chi connectivity index (χ2n) is 2.54. The summed E-state index contributed by atoms with van der Waals surface area (Å²) in [4.78, 5) is 3.84. The molecule has 66 valence electrons. The van der Waals surface area contributed by atoms with Crippen molar-refractivity contribution in [2.24, 2.45) is 4.99 Å². The molecule has 1 aromatic rings. The average Bonchev–Trinajstić information content (AvgIpc) is 2.16. The Morgan fingerprint density at radius 3 is 2.62 bits per heavy atom. The normalized spacial score (nSPS) is 9.31. The Kier molecular flexibility index (Phi) is 3.04. The van der Waals surface area contributed by atoms with E-state index in [0.29, 0.717) is 5.03 Å². The highest BCUT2D eigenvalue weighted by molar-refractivity contribution is 6.48. The van der Waals surface area contributed by atoms with E-state index in [4.69, 9.17) is 11.6 Å². The standard InChI is InChI=1S/C11H10ClN/c1-4-9-5-6-11(13-3)10(7-9)8(2)12/h4-7H,1-3H2. The molecule has 0 saturated carbocycles. The van der Waals surface area contributed by atoms with Gasteiger partial charge in [0.1, 0.15) is 0 Å². The van der Waals surface area contributed by atoms with E-state index in [9.17, 15) is 0 Å². The highest BCUT2D eigenvalue weighted by Crippen LogP contribution is 2.28. The lowest BCUT2D eigenvalue weighted by atomic mass is 10.1. The van der Waals surface area contributed by atoms with Gasteiger partial charge in [-0.15, -0.1) is 0 Å². The maximum atomic E-state index is 5.80. The first-order valence-corrected chi connectivity index (χ1v) is 4.15. The predicted octanol–water partition coefficient (Wildman–Crippen LogP) is 3.87. The number of nitrogens with zero attached hydrogens (tertiary/aromatic N) is 1. The molecule has 0 spiro atoms. The van der Waals surface area contributed by atoms with Gasteiger partial charge in [0, 0.05) is 10.6 Å². The van der Waals surface area contributed by atoms with Crippen LogP contribution in [0.25, 0.3) is 11.1 Å². The third kappa shape index (κ3) is 2.07. The molecule has 0 aliphatic rings. The molecule has 0 aliphatic heterocycles. The van der Waals surface area contributed by atoms with Crippen LogP contribution in [0.3, 0.4) is 0 Å². The van der Waals surface area contributed by atoms with Crippen LogP contribution in [0.5, 0.6) is 0 Å². The van der Waals surface area contributed by atoms with E-state index in [1.54, 1.807) is 6.08 Å². The summed E-state index contributed by atoms with van der Waals surface area (Å²) in [5, 5.41) is 0.464. The van der Waals surface area contributed by atoms with Crippen LogP contribution in [0.4, 0.5) is 5.69 Å². The summed E-state index contributed by atoms with van der Waals surface area (Å²) >= 11 is 5.80. The Labute approximate surface area is 83.1 Å². The maximum Gasteiger partial charge on any atom is 0.0709 e. The molecule has 0 bridgehead atoms. The molecule has 0 unspecified atom stereocenters. The number of hydrogen-bond acceptors (Lipinski definition) is 1. The first-order chi connectivity index (χ1) is 6.19. The molecule has 0 amide bonds. The van der Waals surface area contributed by atoms with Gasteiger partial charge in [0.25, 0.3) is 0 Å². The van der Waals surface area contributed by atoms with Gasteiger partial charge in [0.05, 0.1) is 5.69 Å². The summed E-state index contributed by atoms with van der Waals surface area (Å²) < 4.78 is 0. The molecule has 13 heavy (non-hydrogen) atoms. The van der Waals surface area contributed by atoms with Crippen LogP contribution in [-0.2, 0) is 0 Å². The van der Waals surface area contributed by atoms with Crippen LogP contribution in [0.1, 0.15) is 11.1 Å². The maximum absolute atomic E-state index is 5.80. The molecule has 0 atom stereocenters. The Bertz CT molecular complexity index is 366. The Hall–Kier alpha value is -1.34. The second-order valence-corrected chi connectivity index (χ2v) is 3.00. The molecule has 0 saturated heterocycles. The minimum Gasteiger partial charge on any atom is -0.264 e. The van der Waals surface area contributed by atoms with E-state index in [0.717, 1.165) is 16.8 Å². The summed E-state index contributed by atoms with van der Waals surface area (Å²) in [7, 11) is 0. The summed E-state index contributed by atoms with van der Waals surface area (Å²) in [6, 6.07) is 5.62. The van der Waals surface area contributed by atoms with Crippen molar-refractivity contribution >= 4 is 35.1 Å². The Balaban J connectivity index is 3.33. The summed E-state index contributed by atoms with van der Waals surface area (Å²) in [5.41, 5.74) is 2.53. The van der Waals surface area contributed by atoms with Gasteiger partial charge in [-0.2, -0.15) is 0 Å². The van der Waals surface area contributed by atoms with Gasteiger partial charge < -0.3 is 0 Å². The topological polar surface area (TPSA) is 12.4 Å². The van der Waals surface area contributed by atoms with Crippen molar-refractivity contribution in [3.05, 3.63) is 42.5 Å². The third-order valence-corrected chi connectivity index (χ3v) is 1.92. The largest absolute Gasteiger partial charge is 0.264 e. The summed E-state index contributed by atoms with van der Waals surface area (Å²) in [6.45, 7) is 10.8. The van der Waals surface area contributed by atoms with Crippen LogP contribution >= 0.6 is 11.6 Å². The van der Waals surface area contributed by atoms with Gasteiger partial charge in [0.15, 0.2) is 0 Å². The molecular weight excluding hydrogens is 182 g/mol. The molecule has 1 nitrogen and oxygen atoms in total. The van der Waals surface area contributed by atoms with Gasteiger partial charge in [-0.05, 0) is 24.4 Å². The van der Waals surface area contributed by atoms with E-state index in [2.05, 4.69) is 24.9 Å². The quantitative estimate of drug-likeness (QED) is 0.644. The van der Waals surface area contributed by atoms with E-state index in [1.165, 1.54) is 0 Å². The first-order valence-electron chi connectivity index (χ1n) is 3.77. The molecule has 0 aliphatic carbocycles.